The van der Waals surface area contributed by atoms with Crippen LogP contribution in [0.15, 0.2) is 53.5 Å². The number of nitrogens with zero attached hydrogens (tertiary/aromatic N) is 1. The first-order valence-corrected chi connectivity index (χ1v) is 9.72. The van der Waals surface area contributed by atoms with Crippen molar-refractivity contribution in [2.24, 2.45) is 4.99 Å². The van der Waals surface area contributed by atoms with Gasteiger partial charge in [-0.3, -0.25) is 9.79 Å². The average Bonchev–Trinajstić information content (AvgIpc) is 3.25. The van der Waals surface area contributed by atoms with Crippen molar-refractivity contribution in [3.8, 4) is 0 Å². The number of benzene rings is 2. The van der Waals surface area contributed by atoms with Crippen LogP contribution in [0.5, 0.6) is 0 Å². The van der Waals surface area contributed by atoms with E-state index >= 15 is 0 Å². The summed E-state index contributed by atoms with van der Waals surface area (Å²) in [7, 11) is 1.73. The van der Waals surface area contributed by atoms with Crippen LogP contribution in [0, 0.1) is 0 Å². The molecule has 0 radical (unpaired) electrons. The van der Waals surface area contributed by atoms with E-state index in [0.717, 1.165) is 34.7 Å². The molecule has 1 atom stereocenters. The zero-order chi connectivity index (χ0) is 19.8. The first-order valence-electron chi connectivity index (χ1n) is 9.34. The second-order valence-electron chi connectivity index (χ2n) is 6.60. The minimum atomic E-state index is -0.335. The largest absolute Gasteiger partial charge is 0.368 e. The normalized spacial score (nSPS) is 16.1. The molecule has 8 heteroatoms. The summed E-state index contributed by atoms with van der Waals surface area (Å²) in [6.07, 6.45) is 1.38. The Bertz CT molecular complexity index is 824. The molecule has 1 unspecified atom stereocenters. The molecule has 0 aromatic heterocycles. The summed E-state index contributed by atoms with van der Waals surface area (Å²) in [4.78, 5) is 16.4. The summed E-state index contributed by atoms with van der Waals surface area (Å²) in [6.45, 7) is 1.89. The Hall–Kier alpha value is -1.84. The van der Waals surface area contributed by atoms with Gasteiger partial charge >= 0.3 is 0 Å². The first-order chi connectivity index (χ1) is 13.6. The van der Waals surface area contributed by atoms with Crippen LogP contribution in [0.1, 0.15) is 24.0 Å². The number of nitrogens with one attached hydrogen (secondary N) is 3. The lowest BCUT2D eigenvalue weighted by molar-refractivity contribution is -0.124. The van der Waals surface area contributed by atoms with Gasteiger partial charge in [-0.2, -0.15) is 0 Å². The summed E-state index contributed by atoms with van der Waals surface area (Å²) < 4.78 is 5.42. The van der Waals surface area contributed by atoms with E-state index in [2.05, 4.69) is 20.9 Å². The molecule has 3 N–H and O–H groups in total. The number of hydrogen-bond acceptors (Lipinski definition) is 3. The SMILES string of the molecule is CN=C(NCc1ccc(Cl)cc1)NCc1cccc(NC(=O)C2CCCO2)c1.I. The molecule has 1 aliphatic heterocycles. The average molecular weight is 529 g/mol. The van der Waals surface area contributed by atoms with Gasteiger partial charge in [0.05, 0.1) is 0 Å². The van der Waals surface area contributed by atoms with Gasteiger partial charge in [0.25, 0.3) is 5.91 Å². The number of anilines is 1. The van der Waals surface area contributed by atoms with Crippen LogP contribution in [-0.2, 0) is 22.6 Å². The van der Waals surface area contributed by atoms with Crippen LogP contribution < -0.4 is 16.0 Å². The summed E-state index contributed by atoms with van der Waals surface area (Å²) in [5.41, 5.74) is 2.93. The number of guanidine groups is 1. The van der Waals surface area contributed by atoms with Crippen molar-refractivity contribution in [1.82, 2.24) is 10.6 Å². The van der Waals surface area contributed by atoms with E-state index in [1.54, 1.807) is 7.05 Å². The van der Waals surface area contributed by atoms with E-state index in [0.29, 0.717) is 25.7 Å². The van der Waals surface area contributed by atoms with Crippen LogP contribution in [0.4, 0.5) is 5.69 Å². The van der Waals surface area contributed by atoms with Gasteiger partial charge in [-0.15, -0.1) is 24.0 Å². The molecule has 1 fully saturated rings. The molecule has 0 bridgehead atoms. The fourth-order valence-electron chi connectivity index (χ4n) is 2.96. The maximum absolute atomic E-state index is 12.2. The lowest BCUT2D eigenvalue weighted by Crippen LogP contribution is -2.36. The third-order valence-corrected chi connectivity index (χ3v) is 4.73. The second-order valence-corrected chi connectivity index (χ2v) is 7.03. The second kappa shape index (κ2) is 12.0. The number of aliphatic imine (C=N–C) groups is 1. The molecule has 0 aliphatic carbocycles. The summed E-state index contributed by atoms with van der Waals surface area (Å²) in [5, 5.41) is 10.2. The lowest BCUT2D eigenvalue weighted by atomic mass is 10.2. The number of rotatable bonds is 6. The number of amides is 1. The van der Waals surface area contributed by atoms with Crippen molar-refractivity contribution in [1.29, 1.82) is 0 Å². The standard InChI is InChI=1S/C21H25ClN4O2.HI/c1-23-21(24-13-15-7-9-17(22)10-8-15)25-14-16-4-2-5-18(12-16)26-20(27)19-6-3-11-28-19;/h2,4-5,7-10,12,19H,3,6,11,13-14H2,1H3,(H,26,27)(H2,23,24,25);1H. The Morgan fingerprint density at radius 2 is 1.86 bits per heavy atom. The number of hydrogen-bond donors (Lipinski definition) is 3. The van der Waals surface area contributed by atoms with E-state index in [9.17, 15) is 4.79 Å². The Balaban J connectivity index is 0.00000300. The van der Waals surface area contributed by atoms with Gasteiger partial charge in [-0.1, -0.05) is 35.9 Å². The fraction of sp³-hybridized carbons (Fsp3) is 0.333. The molecule has 2 aromatic carbocycles. The van der Waals surface area contributed by atoms with E-state index < -0.39 is 0 Å². The maximum atomic E-state index is 12.2. The molecule has 1 heterocycles. The Morgan fingerprint density at radius 1 is 1.14 bits per heavy atom. The van der Waals surface area contributed by atoms with E-state index in [-0.39, 0.29) is 36.0 Å². The number of ether oxygens (including phenoxy) is 1. The number of carbonyl (C=O) groups excluding carboxylic acids is 1. The molecule has 6 nitrogen and oxygen atoms in total. The van der Waals surface area contributed by atoms with Gasteiger partial charge in [-0.05, 0) is 48.2 Å². The molecule has 2 aromatic rings. The van der Waals surface area contributed by atoms with Crippen LogP contribution >= 0.6 is 35.6 Å². The predicted molar refractivity (Wildman–Crippen MR) is 128 cm³/mol. The number of carbonyl (C=O) groups is 1. The summed E-state index contributed by atoms with van der Waals surface area (Å²) >= 11 is 5.91. The monoisotopic (exact) mass is 528 g/mol. The Kier molecular flexibility index (Phi) is 9.69. The van der Waals surface area contributed by atoms with Crippen LogP contribution in [-0.4, -0.2) is 31.6 Å². The van der Waals surface area contributed by atoms with Gasteiger partial charge in [0.15, 0.2) is 5.96 Å². The quantitative estimate of drug-likeness (QED) is 0.302. The van der Waals surface area contributed by atoms with Crippen molar-refractivity contribution < 1.29 is 9.53 Å². The van der Waals surface area contributed by atoms with Gasteiger partial charge < -0.3 is 20.7 Å². The smallest absolute Gasteiger partial charge is 0.253 e. The molecule has 1 amide bonds. The molecule has 156 valence electrons. The molecular formula is C21H26ClIN4O2. The Labute approximate surface area is 193 Å². The van der Waals surface area contributed by atoms with E-state index in [1.165, 1.54) is 0 Å². The summed E-state index contributed by atoms with van der Waals surface area (Å²) in [6, 6.07) is 15.4. The van der Waals surface area contributed by atoms with Gasteiger partial charge in [0.2, 0.25) is 0 Å². The van der Waals surface area contributed by atoms with E-state index in [4.69, 9.17) is 16.3 Å². The Morgan fingerprint density at radius 3 is 2.52 bits per heavy atom. The topological polar surface area (TPSA) is 74.8 Å². The zero-order valence-electron chi connectivity index (χ0n) is 16.3. The maximum Gasteiger partial charge on any atom is 0.253 e. The first kappa shape index (κ1) is 23.4. The molecule has 1 saturated heterocycles. The van der Waals surface area contributed by atoms with Crippen LogP contribution in [0.25, 0.3) is 0 Å². The molecule has 29 heavy (non-hydrogen) atoms. The minimum absolute atomic E-state index is 0. The minimum Gasteiger partial charge on any atom is -0.368 e. The van der Waals surface area contributed by atoms with Crippen molar-refractivity contribution in [2.45, 2.75) is 32.0 Å². The molecule has 1 aliphatic rings. The fourth-order valence-corrected chi connectivity index (χ4v) is 3.09. The summed E-state index contributed by atoms with van der Waals surface area (Å²) in [5.74, 6) is 0.617. The highest BCUT2D eigenvalue weighted by Crippen LogP contribution is 2.16. The van der Waals surface area contributed by atoms with Crippen molar-refractivity contribution >= 4 is 53.1 Å². The predicted octanol–water partition coefficient (Wildman–Crippen LogP) is 3.94. The van der Waals surface area contributed by atoms with Gasteiger partial charge in [0, 0.05) is 37.5 Å². The van der Waals surface area contributed by atoms with Crippen LogP contribution in [0.3, 0.4) is 0 Å². The lowest BCUT2D eigenvalue weighted by Gasteiger charge is -2.14. The van der Waals surface area contributed by atoms with Crippen molar-refractivity contribution in [2.75, 3.05) is 19.0 Å². The molecule has 0 spiro atoms. The number of halogens is 2. The van der Waals surface area contributed by atoms with Crippen LogP contribution in [0.2, 0.25) is 5.02 Å². The third-order valence-electron chi connectivity index (χ3n) is 4.47. The molecule has 0 saturated carbocycles. The molecular weight excluding hydrogens is 503 g/mol. The van der Waals surface area contributed by atoms with Crippen molar-refractivity contribution in [3.05, 3.63) is 64.7 Å². The highest BCUT2D eigenvalue weighted by molar-refractivity contribution is 14.0. The molecule has 3 rings (SSSR count). The van der Waals surface area contributed by atoms with Crippen molar-refractivity contribution in [3.63, 3.8) is 0 Å². The third kappa shape index (κ3) is 7.49. The highest BCUT2D eigenvalue weighted by atomic mass is 127. The van der Waals surface area contributed by atoms with Gasteiger partial charge in [-0.25, -0.2) is 0 Å². The zero-order valence-corrected chi connectivity index (χ0v) is 19.4. The van der Waals surface area contributed by atoms with Gasteiger partial charge in [0.1, 0.15) is 6.10 Å². The highest BCUT2D eigenvalue weighted by Gasteiger charge is 2.23. The van der Waals surface area contributed by atoms with E-state index in [1.807, 2.05) is 48.5 Å².